The van der Waals surface area contributed by atoms with Crippen LogP contribution < -0.4 is 5.32 Å². The van der Waals surface area contributed by atoms with Gasteiger partial charge in [-0.3, -0.25) is 9.59 Å². The second-order valence-electron chi connectivity index (χ2n) is 6.72. The van der Waals surface area contributed by atoms with E-state index < -0.39 is 0 Å². The van der Waals surface area contributed by atoms with Gasteiger partial charge in [0.1, 0.15) is 0 Å². The highest BCUT2D eigenvalue weighted by atomic mass is 16.3. The summed E-state index contributed by atoms with van der Waals surface area (Å²) in [6.45, 7) is 9.15. The van der Waals surface area contributed by atoms with Gasteiger partial charge in [-0.15, -0.1) is 0 Å². The van der Waals surface area contributed by atoms with Gasteiger partial charge < -0.3 is 15.3 Å². The number of piperidine rings is 1. The quantitative estimate of drug-likeness (QED) is 0.814. The van der Waals surface area contributed by atoms with Crippen molar-refractivity contribution in [3.8, 4) is 0 Å². The van der Waals surface area contributed by atoms with Crippen molar-refractivity contribution in [2.24, 2.45) is 11.3 Å². The van der Waals surface area contributed by atoms with Crippen LogP contribution in [0.5, 0.6) is 0 Å². The Morgan fingerprint density at radius 2 is 1.85 bits per heavy atom. The van der Waals surface area contributed by atoms with Gasteiger partial charge in [-0.05, 0) is 24.7 Å². The molecule has 0 aromatic rings. The molecule has 5 heteroatoms. The number of amides is 2. The molecule has 2 N–H and O–H groups in total. The molecule has 0 aromatic carbocycles. The lowest BCUT2D eigenvalue weighted by Gasteiger charge is -2.35. The van der Waals surface area contributed by atoms with Crippen molar-refractivity contribution in [2.75, 3.05) is 19.7 Å². The smallest absolute Gasteiger partial charge is 0.223 e. The number of aliphatic hydroxyl groups excluding tert-OH is 1. The summed E-state index contributed by atoms with van der Waals surface area (Å²) in [6, 6.07) is -0.0224. The van der Waals surface area contributed by atoms with E-state index in [-0.39, 0.29) is 35.8 Å². The van der Waals surface area contributed by atoms with Gasteiger partial charge in [0.05, 0.1) is 0 Å². The van der Waals surface area contributed by atoms with Gasteiger partial charge in [-0.25, -0.2) is 0 Å². The highest BCUT2D eigenvalue weighted by Gasteiger charge is 2.30. The Balaban J connectivity index is 2.52. The molecule has 0 bridgehead atoms. The van der Waals surface area contributed by atoms with Crippen molar-refractivity contribution in [3.63, 3.8) is 0 Å². The lowest BCUT2D eigenvalue weighted by molar-refractivity contribution is -0.134. The third kappa shape index (κ3) is 4.78. The van der Waals surface area contributed by atoms with E-state index in [1.54, 1.807) is 11.8 Å². The lowest BCUT2D eigenvalue weighted by Crippen LogP contribution is -2.49. The highest BCUT2D eigenvalue weighted by molar-refractivity contribution is 5.80. The molecule has 1 atom stereocenters. The second kappa shape index (κ2) is 7.07. The molecule has 1 rings (SSSR count). The number of aliphatic hydroxyl groups is 1. The molecule has 1 aliphatic heterocycles. The SMILES string of the molecule is CC(=O)N1CCC(C(=O)NC(CCO)C(C)(C)C)CC1. The van der Waals surface area contributed by atoms with Crippen molar-refractivity contribution in [3.05, 3.63) is 0 Å². The first-order chi connectivity index (χ1) is 9.25. The number of hydrogen-bond donors (Lipinski definition) is 2. The standard InChI is InChI=1S/C15H28N2O3/c1-11(19)17-8-5-12(6-9-17)14(20)16-13(7-10-18)15(2,3)4/h12-13,18H,5-10H2,1-4H3,(H,16,20). The molecule has 2 amide bonds. The summed E-state index contributed by atoms with van der Waals surface area (Å²) in [5.74, 6) is 0.118. The van der Waals surface area contributed by atoms with Crippen LogP contribution in [0.25, 0.3) is 0 Å². The van der Waals surface area contributed by atoms with Gasteiger partial charge in [0, 0.05) is 38.6 Å². The van der Waals surface area contributed by atoms with E-state index in [9.17, 15) is 9.59 Å². The van der Waals surface area contributed by atoms with Crippen LogP contribution in [-0.2, 0) is 9.59 Å². The zero-order valence-corrected chi connectivity index (χ0v) is 13.1. The molecule has 0 aliphatic carbocycles. The molecule has 5 nitrogen and oxygen atoms in total. The molecule has 1 aliphatic rings. The average Bonchev–Trinajstić information content (AvgIpc) is 2.37. The normalized spacial score (nSPS) is 18.8. The van der Waals surface area contributed by atoms with Gasteiger partial charge in [-0.2, -0.15) is 0 Å². The molecule has 116 valence electrons. The van der Waals surface area contributed by atoms with E-state index in [4.69, 9.17) is 5.11 Å². The first-order valence-corrected chi connectivity index (χ1v) is 7.42. The molecule has 0 saturated carbocycles. The first kappa shape index (κ1) is 17.0. The zero-order chi connectivity index (χ0) is 15.3. The van der Waals surface area contributed by atoms with Crippen molar-refractivity contribution in [2.45, 2.75) is 53.0 Å². The molecular formula is C15H28N2O3. The van der Waals surface area contributed by atoms with Gasteiger partial charge in [0.25, 0.3) is 0 Å². The number of rotatable bonds is 4. The zero-order valence-electron chi connectivity index (χ0n) is 13.1. The molecule has 1 heterocycles. The maximum absolute atomic E-state index is 12.3. The molecule has 0 spiro atoms. The number of nitrogens with one attached hydrogen (secondary N) is 1. The van der Waals surface area contributed by atoms with Crippen LogP contribution in [0.4, 0.5) is 0 Å². The van der Waals surface area contributed by atoms with Crippen LogP contribution in [0.1, 0.15) is 47.0 Å². The van der Waals surface area contributed by atoms with Crippen molar-refractivity contribution in [1.29, 1.82) is 0 Å². The fourth-order valence-electron chi connectivity index (χ4n) is 2.60. The van der Waals surface area contributed by atoms with Crippen LogP contribution >= 0.6 is 0 Å². The van der Waals surface area contributed by atoms with Gasteiger partial charge in [0.15, 0.2) is 0 Å². The van der Waals surface area contributed by atoms with Crippen LogP contribution in [0.3, 0.4) is 0 Å². The van der Waals surface area contributed by atoms with Gasteiger partial charge in [-0.1, -0.05) is 20.8 Å². The van der Waals surface area contributed by atoms with Crippen molar-refractivity contribution in [1.82, 2.24) is 10.2 Å². The summed E-state index contributed by atoms with van der Waals surface area (Å²) in [5, 5.41) is 12.2. The number of likely N-dealkylation sites (tertiary alicyclic amines) is 1. The predicted octanol–water partition coefficient (Wildman–Crippen LogP) is 1.16. The van der Waals surface area contributed by atoms with Crippen LogP contribution in [0.2, 0.25) is 0 Å². The molecule has 0 radical (unpaired) electrons. The van der Waals surface area contributed by atoms with E-state index >= 15 is 0 Å². The summed E-state index contributed by atoms with van der Waals surface area (Å²) >= 11 is 0. The largest absolute Gasteiger partial charge is 0.396 e. The topological polar surface area (TPSA) is 69.6 Å². The van der Waals surface area contributed by atoms with E-state index in [1.165, 1.54) is 0 Å². The third-order valence-electron chi connectivity index (χ3n) is 4.09. The average molecular weight is 284 g/mol. The van der Waals surface area contributed by atoms with Crippen molar-refractivity contribution >= 4 is 11.8 Å². The fourth-order valence-corrected chi connectivity index (χ4v) is 2.60. The monoisotopic (exact) mass is 284 g/mol. The summed E-state index contributed by atoms with van der Waals surface area (Å²) in [5.41, 5.74) is -0.0710. The molecule has 1 saturated heterocycles. The number of carbonyl (C=O) groups excluding carboxylic acids is 2. The minimum absolute atomic E-state index is 0.0193. The Morgan fingerprint density at radius 1 is 1.30 bits per heavy atom. The summed E-state index contributed by atoms with van der Waals surface area (Å²) in [4.78, 5) is 25.4. The fraction of sp³-hybridized carbons (Fsp3) is 0.867. The summed E-state index contributed by atoms with van der Waals surface area (Å²) < 4.78 is 0. The van der Waals surface area contributed by atoms with Crippen LogP contribution in [0, 0.1) is 11.3 Å². The Morgan fingerprint density at radius 3 is 2.25 bits per heavy atom. The Hall–Kier alpha value is -1.10. The minimum atomic E-state index is -0.0710. The van der Waals surface area contributed by atoms with E-state index in [2.05, 4.69) is 26.1 Å². The molecule has 1 fully saturated rings. The Kier molecular flexibility index (Phi) is 5.99. The number of nitrogens with zero attached hydrogens (tertiary/aromatic N) is 1. The second-order valence-corrected chi connectivity index (χ2v) is 6.72. The minimum Gasteiger partial charge on any atom is -0.396 e. The van der Waals surface area contributed by atoms with Crippen LogP contribution in [0.15, 0.2) is 0 Å². The van der Waals surface area contributed by atoms with Crippen molar-refractivity contribution < 1.29 is 14.7 Å². The van der Waals surface area contributed by atoms with E-state index in [0.29, 0.717) is 19.5 Å². The highest BCUT2D eigenvalue weighted by Crippen LogP contribution is 2.24. The maximum atomic E-state index is 12.3. The molecule has 0 aromatic heterocycles. The van der Waals surface area contributed by atoms with Gasteiger partial charge >= 0.3 is 0 Å². The lowest BCUT2D eigenvalue weighted by atomic mass is 9.84. The summed E-state index contributed by atoms with van der Waals surface area (Å²) in [7, 11) is 0. The predicted molar refractivity (Wildman–Crippen MR) is 78.1 cm³/mol. The summed E-state index contributed by atoms with van der Waals surface area (Å²) in [6.07, 6.45) is 2.02. The maximum Gasteiger partial charge on any atom is 0.223 e. The molecule has 1 unspecified atom stereocenters. The molecular weight excluding hydrogens is 256 g/mol. The van der Waals surface area contributed by atoms with Gasteiger partial charge in [0.2, 0.25) is 11.8 Å². The van der Waals surface area contributed by atoms with E-state index in [0.717, 1.165) is 12.8 Å². The Bertz CT molecular complexity index is 342. The van der Waals surface area contributed by atoms with E-state index in [1.807, 2.05) is 0 Å². The molecule has 20 heavy (non-hydrogen) atoms. The third-order valence-corrected chi connectivity index (χ3v) is 4.09. The number of hydrogen-bond acceptors (Lipinski definition) is 3. The first-order valence-electron chi connectivity index (χ1n) is 7.42. The van der Waals surface area contributed by atoms with Crippen LogP contribution in [-0.4, -0.2) is 47.6 Å². The Labute approximate surface area is 121 Å². The number of carbonyl (C=O) groups is 2.